The maximum absolute atomic E-state index is 9.67. The van der Waals surface area contributed by atoms with Gasteiger partial charge in [0.1, 0.15) is 0 Å². The number of rotatable bonds is 8. The Morgan fingerprint density at radius 3 is 2.23 bits per heavy atom. The van der Waals surface area contributed by atoms with Crippen LogP contribution < -0.4 is 10.6 Å². The molecule has 3 rings (SSSR count). The lowest BCUT2D eigenvalue weighted by molar-refractivity contribution is 0.0792. The van der Waals surface area contributed by atoms with E-state index in [1.807, 2.05) is 0 Å². The molecule has 1 aromatic carbocycles. The number of aliphatic imine (C=N–C) groups is 1. The monoisotopic (exact) mass is 429 g/mol. The summed E-state index contributed by atoms with van der Waals surface area (Å²) in [6, 6.07) is 9.35. The molecule has 6 heteroatoms. The molecule has 2 aliphatic heterocycles. The van der Waals surface area contributed by atoms with Crippen LogP contribution >= 0.6 is 0 Å². The molecular formula is C25H43N5O. The molecule has 0 aliphatic carbocycles. The summed E-state index contributed by atoms with van der Waals surface area (Å²) in [6.07, 6.45) is 4.04. The van der Waals surface area contributed by atoms with Crippen molar-refractivity contribution in [1.29, 1.82) is 0 Å². The van der Waals surface area contributed by atoms with Crippen molar-refractivity contribution in [3.05, 3.63) is 35.4 Å². The van der Waals surface area contributed by atoms with E-state index in [2.05, 4.69) is 65.5 Å². The molecule has 2 heterocycles. The number of guanidine groups is 1. The third-order valence-electron chi connectivity index (χ3n) is 6.30. The molecule has 2 aliphatic rings. The fourth-order valence-electron chi connectivity index (χ4n) is 4.55. The molecule has 0 amide bonds. The Morgan fingerprint density at radius 2 is 1.61 bits per heavy atom. The van der Waals surface area contributed by atoms with Gasteiger partial charge in [0, 0.05) is 51.9 Å². The predicted octanol–water partition coefficient (Wildman–Crippen LogP) is 2.82. The van der Waals surface area contributed by atoms with Gasteiger partial charge in [-0.2, -0.15) is 0 Å². The molecule has 0 radical (unpaired) electrons. The molecular weight excluding hydrogens is 386 g/mol. The Labute approximate surface area is 189 Å². The van der Waals surface area contributed by atoms with Gasteiger partial charge in [0.2, 0.25) is 0 Å². The number of hydrogen-bond acceptors (Lipinski definition) is 4. The average molecular weight is 430 g/mol. The van der Waals surface area contributed by atoms with Crippen molar-refractivity contribution in [2.24, 2.45) is 10.9 Å². The first-order valence-corrected chi connectivity index (χ1v) is 12.3. The largest absolute Gasteiger partial charge is 0.393 e. The second-order valence-electron chi connectivity index (χ2n) is 9.63. The van der Waals surface area contributed by atoms with E-state index in [9.17, 15) is 5.11 Å². The summed E-state index contributed by atoms with van der Waals surface area (Å²) in [5, 5.41) is 16.7. The van der Waals surface area contributed by atoms with Crippen molar-refractivity contribution in [1.82, 2.24) is 20.4 Å². The number of benzene rings is 1. The van der Waals surface area contributed by atoms with Crippen LogP contribution in [0.1, 0.15) is 57.6 Å². The minimum Gasteiger partial charge on any atom is -0.393 e. The van der Waals surface area contributed by atoms with E-state index in [1.165, 1.54) is 43.6 Å². The van der Waals surface area contributed by atoms with E-state index in [0.29, 0.717) is 12.6 Å². The van der Waals surface area contributed by atoms with Gasteiger partial charge in [-0.1, -0.05) is 38.1 Å². The Morgan fingerprint density at radius 1 is 1.00 bits per heavy atom. The lowest BCUT2D eigenvalue weighted by atomic mass is 10.0. The van der Waals surface area contributed by atoms with E-state index in [0.717, 1.165) is 50.9 Å². The van der Waals surface area contributed by atoms with Crippen LogP contribution in [-0.2, 0) is 13.1 Å². The normalized spacial score (nSPS) is 20.4. The Kier molecular flexibility index (Phi) is 9.62. The van der Waals surface area contributed by atoms with Crippen LogP contribution in [0, 0.1) is 5.92 Å². The standard InChI is InChI=1S/C25H43N5O/c1-4-26-25(28-23-9-13-29(14-10-23)18-20(2)3)27-17-21-5-7-22(8-6-21)19-30-15-11-24(31)12-16-30/h5-8,20,23-24,31H,4,9-19H2,1-3H3,(H2,26,27,28). The van der Waals surface area contributed by atoms with Crippen LogP contribution in [0.15, 0.2) is 29.3 Å². The number of aliphatic hydroxyl groups excluding tert-OH is 1. The lowest BCUT2D eigenvalue weighted by Crippen LogP contribution is -2.49. The molecule has 0 bridgehead atoms. The molecule has 3 N–H and O–H groups in total. The summed E-state index contributed by atoms with van der Waals surface area (Å²) in [5.41, 5.74) is 2.57. The van der Waals surface area contributed by atoms with Gasteiger partial charge < -0.3 is 20.6 Å². The van der Waals surface area contributed by atoms with Crippen LogP contribution in [0.25, 0.3) is 0 Å². The predicted molar refractivity (Wildman–Crippen MR) is 129 cm³/mol. The van der Waals surface area contributed by atoms with E-state index >= 15 is 0 Å². The molecule has 0 aromatic heterocycles. The second-order valence-corrected chi connectivity index (χ2v) is 9.63. The van der Waals surface area contributed by atoms with Gasteiger partial charge in [0.25, 0.3) is 0 Å². The molecule has 1 aromatic rings. The minimum absolute atomic E-state index is 0.108. The number of likely N-dealkylation sites (tertiary alicyclic amines) is 2. The second kappa shape index (κ2) is 12.4. The van der Waals surface area contributed by atoms with E-state index < -0.39 is 0 Å². The summed E-state index contributed by atoms with van der Waals surface area (Å²) in [6.45, 7) is 14.8. The Hall–Kier alpha value is -1.63. The zero-order valence-electron chi connectivity index (χ0n) is 19.8. The number of piperidine rings is 2. The summed E-state index contributed by atoms with van der Waals surface area (Å²) >= 11 is 0. The van der Waals surface area contributed by atoms with Crippen LogP contribution in [0.4, 0.5) is 0 Å². The molecule has 0 atom stereocenters. The summed E-state index contributed by atoms with van der Waals surface area (Å²) in [4.78, 5) is 9.86. The zero-order valence-corrected chi connectivity index (χ0v) is 19.8. The van der Waals surface area contributed by atoms with Crippen LogP contribution in [0.2, 0.25) is 0 Å². The summed E-state index contributed by atoms with van der Waals surface area (Å²) < 4.78 is 0. The zero-order chi connectivity index (χ0) is 22.1. The van der Waals surface area contributed by atoms with Crippen molar-refractivity contribution < 1.29 is 5.11 Å². The molecule has 0 saturated carbocycles. The van der Waals surface area contributed by atoms with Crippen molar-refractivity contribution in [3.8, 4) is 0 Å². The van der Waals surface area contributed by atoms with Crippen LogP contribution in [0.5, 0.6) is 0 Å². The quantitative estimate of drug-likeness (QED) is 0.438. The highest BCUT2D eigenvalue weighted by atomic mass is 16.3. The third kappa shape index (κ3) is 8.43. The van der Waals surface area contributed by atoms with E-state index in [4.69, 9.17) is 4.99 Å². The van der Waals surface area contributed by atoms with Crippen molar-refractivity contribution in [2.45, 2.75) is 71.7 Å². The molecule has 2 fully saturated rings. The maximum atomic E-state index is 9.67. The first-order chi connectivity index (χ1) is 15.0. The molecule has 2 saturated heterocycles. The van der Waals surface area contributed by atoms with Gasteiger partial charge in [0.05, 0.1) is 12.6 Å². The third-order valence-corrected chi connectivity index (χ3v) is 6.30. The van der Waals surface area contributed by atoms with Gasteiger partial charge in [-0.3, -0.25) is 4.90 Å². The van der Waals surface area contributed by atoms with Gasteiger partial charge >= 0.3 is 0 Å². The fraction of sp³-hybridized carbons (Fsp3) is 0.720. The first kappa shape index (κ1) is 24.0. The molecule has 31 heavy (non-hydrogen) atoms. The molecule has 6 nitrogen and oxygen atoms in total. The topological polar surface area (TPSA) is 63.1 Å². The highest BCUT2D eigenvalue weighted by Crippen LogP contribution is 2.15. The average Bonchev–Trinajstić information content (AvgIpc) is 2.76. The van der Waals surface area contributed by atoms with Crippen molar-refractivity contribution in [2.75, 3.05) is 39.3 Å². The SMILES string of the molecule is CCNC(=NCc1ccc(CN2CCC(O)CC2)cc1)NC1CCN(CC(C)C)CC1. The van der Waals surface area contributed by atoms with Gasteiger partial charge in [-0.15, -0.1) is 0 Å². The van der Waals surface area contributed by atoms with Gasteiger partial charge in [0.15, 0.2) is 5.96 Å². The highest BCUT2D eigenvalue weighted by Gasteiger charge is 2.20. The van der Waals surface area contributed by atoms with Crippen LogP contribution in [0.3, 0.4) is 0 Å². The fourth-order valence-corrected chi connectivity index (χ4v) is 4.55. The Bertz CT molecular complexity index is 659. The lowest BCUT2D eigenvalue weighted by Gasteiger charge is -2.34. The van der Waals surface area contributed by atoms with E-state index in [1.54, 1.807) is 0 Å². The van der Waals surface area contributed by atoms with Crippen molar-refractivity contribution >= 4 is 5.96 Å². The maximum Gasteiger partial charge on any atom is 0.191 e. The van der Waals surface area contributed by atoms with Gasteiger partial charge in [-0.05, 0) is 49.7 Å². The highest BCUT2D eigenvalue weighted by molar-refractivity contribution is 5.80. The molecule has 0 spiro atoms. The molecule has 0 unspecified atom stereocenters. The molecule has 174 valence electrons. The smallest absolute Gasteiger partial charge is 0.191 e. The number of nitrogens with one attached hydrogen (secondary N) is 2. The number of hydrogen-bond donors (Lipinski definition) is 3. The number of aliphatic hydroxyl groups is 1. The number of nitrogens with zero attached hydrogens (tertiary/aromatic N) is 3. The van der Waals surface area contributed by atoms with Crippen molar-refractivity contribution in [3.63, 3.8) is 0 Å². The van der Waals surface area contributed by atoms with Gasteiger partial charge in [-0.25, -0.2) is 4.99 Å². The summed E-state index contributed by atoms with van der Waals surface area (Å²) in [7, 11) is 0. The first-order valence-electron chi connectivity index (χ1n) is 12.3. The van der Waals surface area contributed by atoms with Crippen LogP contribution in [-0.4, -0.2) is 72.3 Å². The minimum atomic E-state index is -0.108. The Balaban J connectivity index is 1.46. The van der Waals surface area contributed by atoms with E-state index in [-0.39, 0.29) is 6.10 Å². The summed E-state index contributed by atoms with van der Waals surface area (Å²) in [5.74, 6) is 1.67.